The molecule has 92 valence electrons. The zero-order valence-electron chi connectivity index (χ0n) is 10.2. The Labute approximate surface area is 104 Å². The fraction of sp³-hybridized carbons (Fsp3) is 0.917. The summed E-state index contributed by atoms with van der Waals surface area (Å²) in [4.78, 5) is 2.64. The zero-order valence-corrected chi connectivity index (χ0v) is 11.0. The number of hydrogen-bond acceptors (Lipinski definition) is 2. The standard InChI is InChI=1S/C12H23N3S/c1-2-6-13-12(16)14-10-5-8-15-7-3-4-11(15)9-10/h10-11H,2-9H2,1H3,(H2,13,14,16). The fourth-order valence-electron chi connectivity index (χ4n) is 2.83. The van der Waals surface area contributed by atoms with E-state index in [1.54, 1.807) is 0 Å². The van der Waals surface area contributed by atoms with Crippen molar-refractivity contribution in [3.8, 4) is 0 Å². The molecule has 16 heavy (non-hydrogen) atoms. The zero-order chi connectivity index (χ0) is 11.4. The van der Waals surface area contributed by atoms with Gasteiger partial charge >= 0.3 is 0 Å². The van der Waals surface area contributed by atoms with Crippen LogP contribution in [0, 0.1) is 0 Å². The van der Waals surface area contributed by atoms with Crippen molar-refractivity contribution in [1.29, 1.82) is 0 Å². The van der Waals surface area contributed by atoms with Crippen LogP contribution in [0.15, 0.2) is 0 Å². The maximum absolute atomic E-state index is 5.28. The van der Waals surface area contributed by atoms with Gasteiger partial charge in [-0.15, -0.1) is 0 Å². The molecular formula is C12H23N3S. The van der Waals surface area contributed by atoms with Gasteiger partial charge in [-0.3, -0.25) is 0 Å². The fourth-order valence-corrected chi connectivity index (χ4v) is 3.10. The van der Waals surface area contributed by atoms with Gasteiger partial charge in [0.25, 0.3) is 0 Å². The molecule has 0 saturated carbocycles. The van der Waals surface area contributed by atoms with E-state index >= 15 is 0 Å². The van der Waals surface area contributed by atoms with Crippen molar-refractivity contribution in [2.24, 2.45) is 0 Å². The van der Waals surface area contributed by atoms with Gasteiger partial charge in [0.1, 0.15) is 0 Å². The van der Waals surface area contributed by atoms with Gasteiger partial charge in [0.05, 0.1) is 0 Å². The van der Waals surface area contributed by atoms with E-state index in [-0.39, 0.29) is 0 Å². The number of rotatable bonds is 3. The first kappa shape index (κ1) is 12.1. The summed E-state index contributed by atoms with van der Waals surface area (Å²) in [6.45, 7) is 5.70. The Morgan fingerprint density at radius 3 is 3.06 bits per heavy atom. The van der Waals surface area contributed by atoms with Gasteiger partial charge in [-0.25, -0.2) is 0 Å². The van der Waals surface area contributed by atoms with Crippen molar-refractivity contribution in [2.75, 3.05) is 19.6 Å². The number of fused-ring (bicyclic) bond motifs is 1. The van der Waals surface area contributed by atoms with E-state index in [0.717, 1.165) is 24.1 Å². The predicted molar refractivity (Wildman–Crippen MR) is 71.6 cm³/mol. The first-order valence-electron chi connectivity index (χ1n) is 6.58. The van der Waals surface area contributed by atoms with E-state index in [1.165, 1.54) is 38.8 Å². The van der Waals surface area contributed by atoms with Crippen molar-refractivity contribution in [3.63, 3.8) is 0 Å². The summed E-state index contributed by atoms with van der Waals surface area (Å²) in [6.07, 6.45) is 6.41. The van der Waals surface area contributed by atoms with E-state index in [9.17, 15) is 0 Å². The lowest BCUT2D eigenvalue weighted by atomic mass is 9.98. The second-order valence-electron chi connectivity index (χ2n) is 4.95. The number of thiocarbonyl (C=S) groups is 1. The van der Waals surface area contributed by atoms with Gasteiger partial charge in [-0.1, -0.05) is 6.92 Å². The molecule has 2 aliphatic rings. The molecule has 4 heteroatoms. The highest BCUT2D eigenvalue weighted by molar-refractivity contribution is 7.80. The second kappa shape index (κ2) is 5.82. The molecule has 3 nitrogen and oxygen atoms in total. The molecule has 0 amide bonds. The molecule has 2 atom stereocenters. The molecule has 0 aromatic heterocycles. The third kappa shape index (κ3) is 3.08. The Balaban J connectivity index is 1.72. The highest BCUT2D eigenvalue weighted by Crippen LogP contribution is 2.26. The highest BCUT2D eigenvalue weighted by atomic mass is 32.1. The molecule has 0 aliphatic carbocycles. The lowest BCUT2D eigenvalue weighted by molar-refractivity contribution is 0.175. The summed E-state index contributed by atoms with van der Waals surface area (Å²) in [6, 6.07) is 1.41. The van der Waals surface area contributed by atoms with Crippen LogP contribution in [-0.2, 0) is 0 Å². The molecule has 0 aromatic carbocycles. The first-order valence-corrected chi connectivity index (χ1v) is 6.99. The van der Waals surface area contributed by atoms with E-state index in [1.807, 2.05) is 0 Å². The van der Waals surface area contributed by atoms with Crippen LogP contribution in [0.25, 0.3) is 0 Å². The largest absolute Gasteiger partial charge is 0.363 e. The Bertz CT molecular complexity index is 244. The van der Waals surface area contributed by atoms with E-state index < -0.39 is 0 Å². The average Bonchev–Trinajstić information content (AvgIpc) is 2.73. The Hall–Kier alpha value is -0.350. The lowest BCUT2D eigenvalue weighted by Crippen LogP contribution is -2.49. The van der Waals surface area contributed by atoms with Gasteiger partial charge in [0, 0.05) is 25.2 Å². The van der Waals surface area contributed by atoms with Gasteiger partial charge < -0.3 is 15.5 Å². The first-order chi connectivity index (χ1) is 7.79. The number of piperidine rings is 1. The van der Waals surface area contributed by atoms with Crippen LogP contribution in [0.1, 0.15) is 39.0 Å². The summed E-state index contributed by atoms with van der Waals surface area (Å²) < 4.78 is 0. The van der Waals surface area contributed by atoms with Crippen LogP contribution in [-0.4, -0.2) is 41.7 Å². The second-order valence-corrected chi connectivity index (χ2v) is 5.36. The molecule has 2 N–H and O–H groups in total. The Morgan fingerprint density at radius 2 is 2.25 bits per heavy atom. The average molecular weight is 241 g/mol. The Kier molecular flexibility index (Phi) is 4.41. The van der Waals surface area contributed by atoms with Gasteiger partial charge in [0.15, 0.2) is 5.11 Å². The molecule has 0 radical (unpaired) electrons. The van der Waals surface area contributed by atoms with Crippen molar-refractivity contribution < 1.29 is 0 Å². The highest BCUT2D eigenvalue weighted by Gasteiger charge is 2.31. The molecule has 2 saturated heterocycles. The van der Waals surface area contributed by atoms with Crippen molar-refractivity contribution >= 4 is 17.3 Å². The molecular weight excluding hydrogens is 218 g/mol. The SMILES string of the molecule is CCCNC(=S)NC1CCN2CCCC2C1. The molecule has 2 rings (SSSR count). The van der Waals surface area contributed by atoms with Gasteiger partial charge in [-0.2, -0.15) is 0 Å². The monoisotopic (exact) mass is 241 g/mol. The minimum absolute atomic E-state index is 0.594. The molecule has 0 bridgehead atoms. The number of nitrogens with zero attached hydrogens (tertiary/aromatic N) is 1. The summed E-state index contributed by atoms with van der Waals surface area (Å²) in [5.74, 6) is 0. The summed E-state index contributed by atoms with van der Waals surface area (Å²) in [5.41, 5.74) is 0. The Morgan fingerprint density at radius 1 is 1.38 bits per heavy atom. The molecule has 0 spiro atoms. The third-order valence-corrected chi connectivity index (χ3v) is 3.95. The van der Waals surface area contributed by atoms with E-state index in [2.05, 4.69) is 22.5 Å². The maximum Gasteiger partial charge on any atom is 0.166 e. The molecule has 2 unspecified atom stereocenters. The predicted octanol–water partition coefficient (Wildman–Crippen LogP) is 1.49. The normalized spacial score (nSPS) is 29.8. The summed E-state index contributed by atoms with van der Waals surface area (Å²) in [7, 11) is 0. The minimum atomic E-state index is 0.594. The number of hydrogen-bond donors (Lipinski definition) is 2. The third-order valence-electron chi connectivity index (χ3n) is 3.69. The summed E-state index contributed by atoms with van der Waals surface area (Å²) in [5, 5.41) is 7.55. The van der Waals surface area contributed by atoms with Crippen molar-refractivity contribution in [3.05, 3.63) is 0 Å². The quantitative estimate of drug-likeness (QED) is 0.732. The van der Waals surface area contributed by atoms with Crippen LogP contribution >= 0.6 is 12.2 Å². The lowest BCUT2D eigenvalue weighted by Gasteiger charge is -2.35. The molecule has 2 fully saturated rings. The van der Waals surface area contributed by atoms with E-state index in [0.29, 0.717) is 6.04 Å². The van der Waals surface area contributed by atoms with Crippen LogP contribution < -0.4 is 10.6 Å². The molecule has 2 aliphatic heterocycles. The van der Waals surface area contributed by atoms with E-state index in [4.69, 9.17) is 12.2 Å². The molecule has 2 heterocycles. The van der Waals surface area contributed by atoms with Crippen molar-refractivity contribution in [1.82, 2.24) is 15.5 Å². The number of nitrogens with one attached hydrogen (secondary N) is 2. The van der Waals surface area contributed by atoms with Crippen molar-refractivity contribution in [2.45, 2.75) is 51.1 Å². The minimum Gasteiger partial charge on any atom is -0.363 e. The van der Waals surface area contributed by atoms with Gasteiger partial charge in [-0.05, 0) is 50.9 Å². The summed E-state index contributed by atoms with van der Waals surface area (Å²) >= 11 is 5.28. The topological polar surface area (TPSA) is 27.3 Å². The van der Waals surface area contributed by atoms with Gasteiger partial charge in [0.2, 0.25) is 0 Å². The van der Waals surface area contributed by atoms with Crippen LogP contribution in [0.5, 0.6) is 0 Å². The van der Waals surface area contributed by atoms with Crippen LogP contribution in [0.4, 0.5) is 0 Å². The maximum atomic E-state index is 5.28. The molecule has 0 aromatic rings. The van der Waals surface area contributed by atoms with Crippen LogP contribution in [0.3, 0.4) is 0 Å². The smallest absolute Gasteiger partial charge is 0.166 e. The van der Waals surface area contributed by atoms with Crippen LogP contribution in [0.2, 0.25) is 0 Å².